The third kappa shape index (κ3) is 5.62. The van der Waals surface area contributed by atoms with E-state index >= 15 is 0 Å². The van der Waals surface area contributed by atoms with Crippen molar-refractivity contribution in [3.05, 3.63) is 23.3 Å². The third-order valence-corrected chi connectivity index (χ3v) is 4.74. The summed E-state index contributed by atoms with van der Waals surface area (Å²) in [6.45, 7) is 5.47. The molecule has 0 amide bonds. The summed E-state index contributed by atoms with van der Waals surface area (Å²) in [5.41, 5.74) is 7.57. The van der Waals surface area contributed by atoms with Crippen molar-refractivity contribution in [1.29, 1.82) is 0 Å². The second-order valence-corrected chi connectivity index (χ2v) is 7.00. The lowest BCUT2D eigenvalue weighted by Crippen LogP contribution is -2.29. The highest BCUT2D eigenvalue weighted by Gasteiger charge is 2.19. The molecular formula is C14H25N3O3S. The maximum absolute atomic E-state index is 12.3. The van der Waals surface area contributed by atoms with E-state index in [1.165, 1.54) is 0 Å². The van der Waals surface area contributed by atoms with Crippen LogP contribution in [-0.4, -0.2) is 53.7 Å². The van der Waals surface area contributed by atoms with Gasteiger partial charge in [0.25, 0.3) is 0 Å². The molecule has 7 heteroatoms. The van der Waals surface area contributed by atoms with Crippen LogP contribution < -0.4 is 10.5 Å². The van der Waals surface area contributed by atoms with Gasteiger partial charge in [-0.3, -0.25) is 0 Å². The number of benzene rings is 1. The molecule has 1 aromatic carbocycles. The molecule has 0 radical (unpaired) electrons. The average Bonchev–Trinajstić information content (AvgIpc) is 2.31. The van der Waals surface area contributed by atoms with Crippen LogP contribution in [0.2, 0.25) is 0 Å². The van der Waals surface area contributed by atoms with Gasteiger partial charge in [-0.25, -0.2) is 13.1 Å². The molecule has 0 aromatic heterocycles. The summed E-state index contributed by atoms with van der Waals surface area (Å²) in [7, 11) is 0.376. The Morgan fingerprint density at radius 3 is 2.29 bits per heavy atom. The van der Waals surface area contributed by atoms with E-state index in [-0.39, 0.29) is 6.54 Å². The van der Waals surface area contributed by atoms with Crippen LogP contribution in [0.3, 0.4) is 0 Å². The lowest BCUT2D eigenvalue weighted by Gasteiger charge is -2.13. The second kappa shape index (κ2) is 7.74. The highest BCUT2D eigenvalue weighted by molar-refractivity contribution is 7.89. The first-order chi connectivity index (χ1) is 9.74. The normalized spacial score (nSPS) is 12.0. The number of nitrogens with two attached hydrogens (primary N) is 1. The van der Waals surface area contributed by atoms with Crippen LogP contribution in [0, 0.1) is 13.8 Å². The van der Waals surface area contributed by atoms with Crippen molar-refractivity contribution in [2.45, 2.75) is 18.7 Å². The Bertz CT molecular complexity index is 548. The lowest BCUT2D eigenvalue weighted by atomic mass is 10.1. The summed E-state index contributed by atoms with van der Waals surface area (Å²) < 4.78 is 32.5. The lowest BCUT2D eigenvalue weighted by molar-refractivity contribution is 0.122. The number of likely N-dealkylation sites (N-methyl/N-ethyl adjacent to an activating group) is 1. The number of nitrogens with one attached hydrogen (secondary N) is 1. The van der Waals surface area contributed by atoms with Gasteiger partial charge in [0, 0.05) is 18.8 Å². The summed E-state index contributed by atoms with van der Waals surface area (Å²) in [5, 5.41) is 0. The fourth-order valence-corrected chi connectivity index (χ4v) is 3.54. The molecule has 6 nitrogen and oxygen atoms in total. The topological polar surface area (TPSA) is 84.7 Å². The molecule has 0 saturated carbocycles. The van der Waals surface area contributed by atoms with Crippen molar-refractivity contribution in [2.24, 2.45) is 0 Å². The van der Waals surface area contributed by atoms with Gasteiger partial charge in [0.05, 0.1) is 18.1 Å². The molecule has 120 valence electrons. The number of nitrogens with zero attached hydrogens (tertiary/aromatic N) is 1. The maximum Gasteiger partial charge on any atom is 0.241 e. The minimum Gasteiger partial charge on any atom is -0.399 e. The van der Waals surface area contributed by atoms with E-state index in [0.29, 0.717) is 34.9 Å². The number of aryl methyl sites for hydroxylation is 2. The second-order valence-electron chi connectivity index (χ2n) is 5.30. The number of rotatable bonds is 8. The molecule has 1 aromatic rings. The largest absolute Gasteiger partial charge is 0.399 e. The number of hydrogen-bond donors (Lipinski definition) is 2. The Morgan fingerprint density at radius 1 is 1.19 bits per heavy atom. The van der Waals surface area contributed by atoms with Gasteiger partial charge in [-0.15, -0.1) is 0 Å². The monoisotopic (exact) mass is 315 g/mol. The number of sulfonamides is 1. The molecule has 0 heterocycles. The van der Waals surface area contributed by atoms with Crippen LogP contribution in [-0.2, 0) is 14.8 Å². The van der Waals surface area contributed by atoms with E-state index < -0.39 is 10.0 Å². The number of ether oxygens (including phenoxy) is 1. The van der Waals surface area contributed by atoms with Gasteiger partial charge in [0.2, 0.25) is 10.0 Å². The highest BCUT2D eigenvalue weighted by atomic mass is 32.2. The van der Waals surface area contributed by atoms with Crippen molar-refractivity contribution in [3.8, 4) is 0 Å². The van der Waals surface area contributed by atoms with Gasteiger partial charge in [-0.2, -0.15) is 0 Å². The summed E-state index contributed by atoms with van der Waals surface area (Å²) in [4.78, 5) is 2.30. The molecule has 0 atom stereocenters. The van der Waals surface area contributed by atoms with E-state index in [9.17, 15) is 8.42 Å². The van der Waals surface area contributed by atoms with Crippen LogP contribution in [0.15, 0.2) is 17.0 Å². The average molecular weight is 315 g/mol. The molecule has 0 saturated heterocycles. The molecule has 1 rings (SSSR count). The molecule has 0 unspecified atom stereocenters. The Kier molecular flexibility index (Phi) is 6.60. The smallest absolute Gasteiger partial charge is 0.241 e. The Balaban J connectivity index is 2.59. The SMILES string of the molecule is Cc1cc(N)cc(C)c1S(=O)(=O)NCCOCCN(C)C. The molecule has 0 spiro atoms. The molecule has 0 aliphatic carbocycles. The van der Waals surface area contributed by atoms with Gasteiger partial charge >= 0.3 is 0 Å². The zero-order chi connectivity index (χ0) is 16.0. The first-order valence-corrected chi connectivity index (χ1v) is 8.31. The third-order valence-electron chi connectivity index (χ3n) is 2.97. The first-order valence-electron chi connectivity index (χ1n) is 6.83. The van der Waals surface area contributed by atoms with Crippen LogP contribution in [0.25, 0.3) is 0 Å². The van der Waals surface area contributed by atoms with Crippen molar-refractivity contribution < 1.29 is 13.2 Å². The van der Waals surface area contributed by atoms with Gasteiger partial charge in [0.15, 0.2) is 0 Å². The molecule has 0 fully saturated rings. The van der Waals surface area contributed by atoms with Gasteiger partial charge in [-0.05, 0) is 51.2 Å². The Morgan fingerprint density at radius 2 is 1.76 bits per heavy atom. The first kappa shape index (κ1) is 17.9. The summed E-state index contributed by atoms with van der Waals surface area (Å²) in [5.74, 6) is 0. The van der Waals surface area contributed by atoms with Crippen LogP contribution >= 0.6 is 0 Å². The zero-order valence-electron chi connectivity index (χ0n) is 13.1. The number of nitrogen functional groups attached to an aromatic ring is 1. The van der Waals surface area contributed by atoms with Crippen LogP contribution in [0.5, 0.6) is 0 Å². The molecular weight excluding hydrogens is 290 g/mol. The summed E-state index contributed by atoms with van der Waals surface area (Å²) in [6.07, 6.45) is 0. The Labute approximate surface area is 127 Å². The number of hydrogen-bond acceptors (Lipinski definition) is 5. The minimum absolute atomic E-state index is 0.249. The van der Waals surface area contributed by atoms with Crippen LogP contribution in [0.4, 0.5) is 5.69 Å². The van der Waals surface area contributed by atoms with Crippen molar-refractivity contribution in [3.63, 3.8) is 0 Å². The number of anilines is 1. The molecule has 21 heavy (non-hydrogen) atoms. The fourth-order valence-electron chi connectivity index (χ4n) is 2.08. The predicted molar refractivity (Wildman–Crippen MR) is 84.9 cm³/mol. The fraction of sp³-hybridized carbons (Fsp3) is 0.571. The zero-order valence-corrected chi connectivity index (χ0v) is 14.0. The summed E-state index contributed by atoms with van der Waals surface area (Å²) >= 11 is 0. The highest BCUT2D eigenvalue weighted by Crippen LogP contribution is 2.22. The van der Waals surface area contributed by atoms with E-state index in [1.54, 1.807) is 26.0 Å². The van der Waals surface area contributed by atoms with E-state index in [4.69, 9.17) is 10.5 Å². The van der Waals surface area contributed by atoms with Crippen molar-refractivity contribution in [2.75, 3.05) is 46.1 Å². The molecule has 0 aliphatic rings. The van der Waals surface area contributed by atoms with E-state index in [1.807, 2.05) is 19.0 Å². The van der Waals surface area contributed by atoms with Gasteiger partial charge < -0.3 is 15.4 Å². The quantitative estimate of drug-likeness (QED) is 0.546. The molecule has 3 N–H and O–H groups in total. The van der Waals surface area contributed by atoms with Crippen molar-refractivity contribution >= 4 is 15.7 Å². The standard InChI is InChI=1S/C14H25N3O3S/c1-11-9-13(15)10-12(2)14(11)21(18,19)16-5-7-20-8-6-17(3)4/h9-10,16H,5-8,15H2,1-4H3. The van der Waals surface area contributed by atoms with E-state index in [2.05, 4.69) is 4.72 Å². The molecule has 0 bridgehead atoms. The molecule has 0 aliphatic heterocycles. The van der Waals surface area contributed by atoms with Gasteiger partial charge in [-0.1, -0.05) is 0 Å². The van der Waals surface area contributed by atoms with Crippen LogP contribution in [0.1, 0.15) is 11.1 Å². The maximum atomic E-state index is 12.3. The van der Waals surface area contributed by atoms with Crippen molar-refractivity contribution in [1.82, 2.24) is 9.62 Å². The Hall–Kier alpha value is -1.15. The van der Waals surface area contributed by atoms with Gasteiger partial charge in [0.1, 0.15) is 0 Å². The summed E-state index contributed by atoms with van der Waals surface area (Å²) in [6, 6.07) is 3.32. The van der Waals surface area contributed by atoms with E-state index in [0.717, 1.165) is 6.54 Å². The minimum atomic E-state index is -3.54. The predicted octanol–water partition coefficient (Wildman–Crippen LogP) is 0.742.